The molecule has 4 aromatic rings. The Kier molecular flexibility index (Phi) is 13.3. The summed E-state index contributed by atoms with van der Waals surface area (Å²) in [6.45, 7) is 7.68. The lowest BCUT2D eigenvalue weighted by Crippen LogP contribution is -2.60. The summed E-state index contributed by atoms with van der Waals surface area (Å²) in [5.74, 6) is 7.77. The summed E-state index contributed by atoms with van der Waals surface area (Å²) >= 11 is 0. The zero-order chi connectivity index (χ0) is 46.6. The molecular weight excluding hydrogens is 849 g/mol. The fraction of sp³-hybridized carbons (Fsp3) is 0.385. The molecule has 4 N–H and O–H groups in total. The molecule has 1 aromatic heterocycles. The zero-order valence-electron chi connectivity index (χ0n) is 38.0. The average Bonchev–Trinajstić information content (AvgIpc) is 4.21. The normalized spacial score (nSPS) is 22.2. The number of piperidine rings is 1. The van der Waals surface area contributed by atoms with Crippen LogP contribution in [0.25, 0.3) is 23.0 Å². The molecular formula is C52H56N8O7. The first-order chi connectivity index (χ1) is 32.6. The predicted octanol–water partition coefficient (Wildman–Crippen LogP) is 6.75. The zero-order valence-corrected chi connectivity index (χ0v) is 38.0. The van der Waals surface area contributed by atoms with E-state index < -0.39 is 24.3 Å². The second-order valence-corrected chi connectivity index (χ2v) is 17.7. The van der Waals surface area contributed by atoms with Crippen molar-refractivity contribution in [2.75, 3.05) is 34.0 Å². The number of H-pyrrole nitrogens is 1. The summed E-state index contributed by atoms with van der Waals surface area (Å²) < 4.78 is 15.4. The molecule has 3 aliphatic heterocycles. The van der Waals surface area contributed by atoms with Gasteiger partial charge in [-0.25, -0.2) is 14.6 Å². The van der Waals surface area contributed by atoms with Crippen LogP contribution >= 0.6 is 0 Å². The smallest absolute Gasteiger partial charge is 0.407 e. The van der Waals surface area contributed by atoms with E-state index in [9.17, 15) is 19.2 Å². The number of aromatic amines is 1. The Bertz CT molecular complexity index is 2640. The average molecular weight is 905 g/mol. The van der Waals surface area contributed by atoms with Crippen LogP contribution in [0.4, 0.5) is 9.59 Å². The van der Waals surface area contributed by atoms with Crippen molar-refractivity contribution in [2.45, 2.75) is 81.7 Å². The van der Waals surface area contributed by atoms with Crippen LogP contribution in [0.2, 0.25) is 0 Å². The van der Waals surface area contributed by atoms with E-state index in [1.54, 1.807) is 30.5 Å². The first kappa shape index (κ1) is 45.0. The Labute approximate surface area is 390 Å². The summed E-state index contributed by atoms with van der Waals surface area (Å²) in [6.07, 6.45) is 9.64. The molecule has 67 heavy (non-hydrogen) atoms. The number of rotatable bonds is 12. The summed E-state index contributed by atoms with van der Waals surface area (Å²) in [6, 6.07) is 21.2. The molecule has 0 spiro atoms. The van der Waals surface area contributed by atoms with Gasteiger partial charge in [0, 0.05) is 36.9 Å². The van der Waals surface area contributed by atoms with E-state index in [-0.39, 0.29) is 41.9 Å². The van der Waals surface area contributed by atoms with Crippen LogP contribution in [-0.2, 0) is 23.8 Å². The number of hydrogen-bond acceptors (Lipinski definition) is 10. The molecule has 3 fully saturated rings. The summed E-state index contributed by atoms with van der Waals surface area (Å²) in [7, 11) is 2.58. The van der Waals surface area contributed by atoms with Gasteiger partial charge in [-0.15, -0.1) is 0 Å². The highest BCUT2D eigenvalue weighted by atomic mass is 16.5. The molecule has 2 bridgehead atoms. The molecule has 0 radical (unpaired) electrons. The Morgan fingerprint density at radius 3 is 2.42 bits per heavy atom. The maximum Gasteiger partial charge on any atom is 0.407 e. The lowest BCUT2D eigenvalue weighted by molar-refractivity contribution is -0.138. The van der Waals surface area contributed by atoms with Gasteiger partial charge >= 0.3 is 12.2 Å². The van der Waals surface area contributed by atoms with Crippen molar-refractivity contribution in [1.82, 2.24) is 35.7 Å². The van der Waals surface area contributed by atoms with Gasteiger partial charge in [0.25, 0.3) is 5.91 Å². The molecule has 9 rings (SSSR count). The van der Waals surface area contributed by atoms with Gasteiger partial charge < -0.3 is 44.9 Å². The molecule has 5 aliphatic rings. The minimum absolute atomic E-state index is 0.0290. The number of carbonyl (C=O) groups is 4. The number of aromatic nitrogens is 2. The van der Waals surface area contributed by atoms with E-state index >= 15 is 0 Å². The number of hydrogen-bond donors (Lipinski definition) is 4. The monoisotopic (exact) mass is 904 g/mol. The predicted molar refractivity (Wildman–Crippen MR) is 253 cm³/mol. The third kappa shape index (κ3) is 9.31. The van der Waals surface area contributed by atoms with Gasteiger partial charge in [-0.2, -0.15) is 0 Å². The van der Waals surface area contributed by atoms with Crippen molar-refractivity contribution < 1.29 is 33.4 Å². The van der Waals surface area contributed by atoms with E-state index in [2.05, 4.69) is 68.6 Å². The van der Waals surface area contributed by atoms with Crippen molar-refractivity contribution in [3.8, 4) is 23.1 Å². The van der Waals surface area contributed by atoms with Gasteiger partial charge in [0.15, 0.2) is 5.82 Å². The molecule has 2 saturated heterocycles. The van der Waals surface area contributed by atoms with Crippen molar-refractivity contribution in [1.29, 1.82) is 0 Å². The molecule has 3 aromatic carbocycles. The highest BCUT2D eigenvalue weighted by Crippen LogP contribution is 2.46. The van der Waals surface area contributed by atoms with Crippen molar-refractivity contribution in [3.63, 3.8) is 0 Å². The Balaban J connectivity index is 0.873. The number of benzene rings is 3. The van der Waals surface area contributed by atoms with E-state index in [4.69, 9.17) is 19.2 Å². The van der Waals surface area contributed by atoms with E-state index in [0.717, 1.165) is 58.6 Å². The fourth-order valence-electron chi connectivity index (χ4n) is 10.3. The number of carbonyl (C=O) groups excluding carboxylic acids is 4. The third-order valence-corrected chi connectivity index (χ3v) is 13.7. The second-order valence-electron chi connectivity index (χ2n) is 17.7. The van der Waals surface area contributed by atoms with E-state index in [1.807, 2.05) is 48.2 Å². The van der Waals surface area contributed by atoms with Crippen LogP contribution < -0.4 is 16.0 Å². The van der Waals surface area contributed by atoms with Gasteiger partial charge in [0.1, 0.15) is 24.0 Å². The first-order valence-corrected chi connectivity index (χ1v) is 23.1. The number of nitrogens with zero attached hydrogens (tertiary/aromatic N) is 4. The summed E-state index contributed by atoms with van der Waals surface area (Å²) in [4.78, 5) is 70.0. The summed E-state index contributed by atoms with van der Waals surface area (Å²) in [5, 5.41) is 9.26. The second kappa shape index (κ2) is 19.7. The molecule has 1 saturated carbocycles. The van der Waals surface area contributed by atoms with Crippen LogP contribution in [0, 0.1) is 23.7 Å². The van der Waals surface area contributed by atoms with Crippen LogP contribution in [0.1, 0.15) is 91.2 Å². The lowest BCUT2D eigenvalue weighted by Gasteiger charge is -2.40. The minimum atomic E-state index is -0.984. The number of likely N-dealkylation sites (tertiary alicyclic amines) is 1. The van der Waals surface area contributed by atoms with Crippen LogP contribution in [0.15, 0.2) is 96.6 Å². The topological polar surface area (TPSA) is 180 Å². The Hall–Kier alpha value is -7.18. The quantitative estimate of drug-likeness (QED) is 0.112. The van der Waals surface area contributed by atoms with Gasteiger partial charge in [-0.3, -0.25) is 14.6 Å². The van der Waals surface area contributed by atoms with E-state index in [1.165, 1.54) is 19.1 Å². The number of aliphatic imine (C=N–C) groups is 1. The molecule has 5 unspecified atom stereocenters. The van der Waals surface area contributed by atoms with Gasteiger partial charge in [0.2, 0.25) is 5.91 Å². The lowest BCUT2D eigenvalue weighted by atomic mass is 9.89. The van der Waals surface area contributed by atoms with E-state index in [0.29, 0.717) is 62.0 Å². The number of imidazole rings is 1. The molecule has 346 valence electrons. The first-order valence-electron chi connectivity index (χ1n) is 23.1. The molecule has 2 aliphatic carbocycles. The number of amidine groups is 1. The number of methoxy groups -OCH3 is 2. The SMILES string of the molecule is C=C(c1ncc(-c2ccc(C#Cc3ccc4c(c3)C=CC3NC(C5C6CCC(C6)N5C(=O)[C@@H](NC(=O)OC)C5CCOCC5)=NC43)cc2)[nH]1)N(CCC)C(=O)[C@H](NC(=O)OC)c1ccccc1. The number of fused-ring (bicyclic) bond motifs is 5. The maximum absolute atomic E-state index is 14.5. The molecule has 15 nitrogen and oxygen atoms in total. The van der Waals surface area contributed by atoms with Crippen molar-refractivity contribution in [3.05, 3.63) is 125 Å². The highest BCUT2D eigenvalue weighted by Gasteiger charge is 2.54. The number of ether oxygens (including phenoxy) is 3. The fourth-order valence-corrected chi connectivity index (χ4v) is 10.3. The molecule has 4 amide bonds. The van der Waals surface area contributed by atoms with Gasteiger partial charge in [-0.1, -0.05) is 86.0 Å². The maximum atomic E-state index is 14.5. The number of alkyl carbamates (subject to hydrolysis) is 2. The third-order valence-electron chi connectivity index (χ3n) is 13.7. The summed E-state index contributed by atoms with van der Waals surface area (Å²) in [5.41, 5.74) is 6.50. The van der Waals surface area contributed by atoms with Crippen LogP contribution in [0.3, 0.4) is 0 Å². The number of nitrogens with one attached hydrogen (secondary N) is 4. The van der Waals surface area contributed by atoms with Crippen LogP contribution in [0.5, 0.6) is 0 Å². The van der Waals surface area contributed by atoms with Crippen LogP contribution in [-0.4, -0.2) is 108 Å². The highest BCUT2D eigenvalue weighted by molar-refractivity contribution is 5.97. The molecule has 7 atom stereocenters. The van der Waals surface area contributed by atoms with Crippen molar-refractivity contribution in [2.24, 2.45) is 16.8 Å². The van der Waals surface area contributed by atoms with Gasteiger partial charge in [0.05, 0.1) is 43.9 Å². The Morgan fingerprint density at radius 2 is 1.67 bits per heavy atom. The molecule has 4 heterocycles. The van der Waals surface area contributed by atoms with Crippen molar-refractivity contribution >= 4 is 41.6 Å². The van der Waals surface area contributed by atoms with Gasteiger partial charge in [-0.05, 0) is 96.9 Å². The standard InChI is InChI=1S/C52H56N8O7/c1-5-25-59(49(61)43(57-51(63)65-3)35-9-7-6-8-10-35)31(2)47-53-30-42(55-47)34-16-13-32(14-17-34)11-12-33-15-21-40-37(28-33)19-22-41-45(40)56-48(54-41)46-38-18-20-39(29-38)60(46)50(62)44(58-52(64)66-4)36-23-26-67-27-24-36/h6-10,13-17,19,21-22,28,30,36,38-39,41,43-46H,2,5,18,20,23-27,29H2,1,3-4H3,(H,53,55)(H,54,56)(H,57,63)(H,58,64)/t38?,39?,41?,43-,44+,45?,46?/m1/s1. The minimum Gasteiger partial charge on any atom is -0.453 e. The molecule has 15 heteroatoms. The largest absolute Gasteiger partial charge is 0.453 e. The Morgan fingerprint density at radius 1 is 0.940 bits per heavy atom. The number of amides is 4.